The van der Waals surface area contributed by atoms with Gasteiger partial charge in [0.25, 0.3) is 5.91 Å². The zero-order chi connectivity index (χ0) is 13.0. The molecule has 0 aromatic heterocycles. The molecule has 0 heterocycles. The molecule has 0 saturated heterocycles. The Kier molecular flexibility index (Phi) is 4.34. The van der Waals surface area contributed by atoms with Gasteiger partial charge < -0.3 is 15.2 Å². The number of ether oxygens (including phenoxy) is 1. The molecule has 0 spiro atoms. The van der Waals surface area contributed by atoms with Crippen molar-refractivity contribution >= 4 is 23.5 Å². The Morgan fingerprint density at radius 1 is 1.47 bits per heavy atom. The van der Waals surface area contributed by atoms with Gasteiger partial charge >= 0.3 is 5.97 Å². The number of halogens is 1. The van der Waals surface area contributed by atoms with E-state index in [1.165, 1.54) is 32.2 Å². The number of benzene rings is 1. The highest BCUT2D eigenvalue weighted by molar-refractivity contribution is 6.31. The number of hydrogen-bond acceptors (Lipinski definition) is 4. The average molecular weight is 258 g/mol. The van der Waals surface area contributed by atoms with Gasteiger partial charge in [-0.2, -0.15) is 0 Å². The van der Waals surface area contributed by atoms with E-state index in [1.807, 2.05) is 0 Å². The molecule has 0 fully saturated rings. The number of aromatic hydroxyl groups is 1. The summed E-state index contributed by atoms with van der Waals surface area (Å²) in [7, 11) is 1.22. The molecule has 5 nitrogen and oxygen atoms in total. The molecule has 0 bridgehead atoms. The predicted octanol–water partition coefficient (Wildman–Crippen LogP) is 1.34. The second-order valence-electron chi connectivity index (χ2n) is 3.38. The number of methoxy groups -OCH3 is 1. The molecule has 1 unspecified atom stereocenters. The second-order valence-corrected chi connectivity index (χ2v) is 3.82. The number of rotatable bonds is 3. The number of carbonyl (C=O) groups excluding carboxylic acids is 2. The fraction of sp³-hybridized carbons (Fsp3) is 0.273. The van der Waals surface area contributed by atoms with Crippen molar-refractivity contribution in [1.29, 1.82) is 0 Å². The van der Waals surface area contributed by atoms with Gasteiger partial charge in [0, 0.05) is 5.02 Å². The zero-order valence-corrected chi connectivity index (χ0v) is 10.1. The Labute approximate surface area is 103 Å². The van der Waals surface area contributed by atoms with E-state index in [1.54, 1.807) is 0 Å². The van der Waals surface area contributed by atoms with Gasteiger partial charge in [-0.25, -0.2) is 4.79 Å². The number of amides is 1. The van der Waals surface area contributed by atoms with Crippen LogP contribution in [0.25, 0.3) is 0 Å². The minimum atomic E-state index is -0.800. The fourth-order valence-electron chi connectivity index (χ4n) is 1.20. The number of nitrogens with one attached hydrogen (secondary N) is 1. The summed E-state index contributed by atoms with van der Waals surface area (Å²) in [5, 5.41) is 12.2. The van der Waals surface area contributed by atoms with E-state index >= 15 is 0 Å². The maximum absolute atomic E-state index is 11.7. The van der Waals surface area contributed by atoms with Gasteiger partial charge in [0.15, 0.2) is 0 Å². The van der Waals surface area contributed by atoms with Crippen molar-refractivity contribution in [3.05, 3.63) is 28.8 Å². The molecule has 0 radical (unpaired) electrons. The number of hydrogen-bond donors (Lipinski definition) is 2. The summed E-state index contributed by atoms with van der Waals surface area (Å²) in [6.45, 7) is 1.48. The highest BCUT2D eigenvalue weighted by atomic mass is 35.5. The van der Waals surface area contributed by atoms with E-state index in [2.05, 4.69) is 10.1 Å². The Balaban J connectivity index is 2.83. The number of carbonyl (C=O) groups is 2. The Hall–Kier alpha value is -1.75. The smallest absolute Gasteiger partial charge is 0.328 e. The third-order valence-corrected chi connectivity index (χ3v) is 2.34. The normalized spacial score (nSPS) is 11.7. The first-order valence-corrected chi connectivity index (χ1v) is 5.20. The van der Waals surface area contributed by atoms with Crippen LogP contribution in [0.1, 0.15) is 17.3 Å². The molecule has 1 aromatic carbocycles. The lowest BCUT2D eigenvalue weighted by Crippen LogP contribution is -2.39. The van der Waals surface area contributed by atoms with E-state index in [4.69, 9.17) is 11.6 Å². The van der Waals surface area contributed by atoms with Crippen molar-refractivity contribution < 1.29 is 19.4 Å². The quantitative estimate of drug-likeness (QED) is 0.801. The van der Waals surface area contributed by atoms with Crippen LogP contribution in [-0.2, 0) is 9.53 Å². The molecule has 0 aliphatic rings. The van der Waals surface area contributed by atoms with Crippen LogP contribution in [0.3, 0.4) is 0 Å². The highest BCUT2D eigenvalue weighted by Gasteiger charge is 2.19. The van der Waals surface area contributed by atoms with E-state index < -0.39 is 17.9 Å². The monoisotopic (exact) mass is 257 g/mol. The minimum Gasteiger partial charge on any atom is -0.507 e. The van der Waals surface area contributed by atoms with Crippen LogP contribution in [0.15, 0.2) is 18.2 Å². The van der Waals surface area contributed by atoms with Gasteiger partial charge in [0.05, 0.1) is 12.7 Å². The molecule has 0 aliphatic carbocycles. The largest absolute Gasteiger partial charge is 0.507 e. The van der Waals surface area contributed by atoms with Gasteiger partial charge in [-0.15, -0.1) is 0 Å². The third kappa shape index (κ3) is 3.35. The average Bonchev–Trinajstić information content (AvgIpc) is 2.30. The van der Waals surface area contributed by atoms with Gasteiger partial charge in [-0.05, 0) is 25.1 Å². The van der Waals surface area contributed by atoms with Crippen molar-refractivity contribution in [2.75, 3.05) is 7.11 Å². The Morgan fingerprint density at radius 2 is 2.12 bits per heavy atom. The first-order valence-electron chi connectivity index (χ1n) is 4.83. The molecule has 1 rings (SSSR count). The highest BCUT2D eigenvalue weighted by Crippen LogP contribution is 2.21. The summed E-state index contributed by atoms with van der Waals surface area (Å²) >= 11 is 5.70. The van der Waals surface area contributed by atoms with Crippen LogP contribution < -0.4 is 5.32 Å². The van der Waals surface area contributed by atoms with Gasteiger partial charge in [0.1, 0.15) is 11.8 Å². The van der Waals surface area contributed by atoms with Crippen LogP contribution in [0.4, 0.5) is 0 Å². The van der Waals surface area contributed by atoms with Crippen molar-refractivity contribution in [2.45, 2.75) is 13.0 Å². The number of phenolic OH excluding ortho intramolecular Hbond substituents is 1. The predicted molar refractivity (Wildman–Crippen MR) is 62.1 cm³/mol. The summed E-state index contributed by atoms with van der Waals surface area (Å²) in [6, 6.07) is 3.28. The second kappa shape index (κ2) is 5.54. The number of phenols is 1. The van der Waals surface area contributed by atoms with Crippen molar-refractivity contribution in [2.24, 2.45) is 0 Å². The van der Waals surface area contributed by atoms with Gasteiger partial charge in [0.2, 0.25) is 0 Å². The van der Waals surface area contributed by atoms with Gasteiger partial charge in [-0.3, -0.25) is 4.79 Å². The molecule has 1 amide bonds. The lowest BCUT2D eigenvalue weighted by atomic mass is 10.1. The molecule has 1 atom stereocenters. The maximum atomic E-state index is 11.7. The van der Waals surface area contributed by atoms with Crippen LogP contribution in [-0.4, -0.2) is 30.1 Å². The summed E-state index contributed by atoms with van der Waals surface area (Å²) in [4.78, 5) is 22.8. The Morgan fingerprint density at radius 3 is 2.71 bits per heavy atom. The van der Waals surface area contributed by atoms with Crippen LogP contribution in [0.2, 0.25) is 5.02 Å². The minimum absolute atomic E-state index is 0.00764. The lowest BCUT2D eigenvalue weighted by Gasteiger charge is -2.12. The summed E-state index contributed by atoms with van der Waals surface area (Å²) in [5.41, 5.74) is 0.00764. The fourth-order valence-corrected chi connectivity index (χ4v) is 1.37. The van der Waals surface area contributed by atoms with Crippen LogP contribution in [0, 0.1) is 0 Å². The SMILES string of the molecule is COC(=O)C(C)NC(=O)c1cc(Cl)ccc1O. The lowest BCUT2D eigenvalue weighted by molar-refractivity contribution is -0.142. The molecule has 0 saturated carbocycles. The molecule has 6 heteroatoms. The van der Waals surface area contributed by atoms with E-state index in [-0.39, 0.29) is 11.3 Å². The van der Waals surface area contributed by atoms with Crippen LogP contribution in [0.5, 0.6) is 5.75 Å². The molecule has 1 aromatic rings. The molecule has 17 heavy (non-hydrogen) atoms. The molecule has 0 aliphatic heterocycles. The summed E-state index contributed by atoms with van der Waals surface area (Å²) < 4.78 is 4.46. The van der Waals surface area contributed by atoms with E-state index in [0.29, 0.717) is 5.02 Å². The molecule has 2 N–H and O–H groups in total. The van der Waals surface area contributed by atoms with E-state index in [9.17, 15) is 14.7 Å². The van der Waals surface area contributed by atoms with Crippen LogP contribution >= 0.6 is 11.6 Å². The zero-order valence-electron chi connectivity index (χ0n) is 9.36. The first-order chi connectivity index (χ1) is 7.95. The summed E-state index contributed by atoms with van der Waals surface area (Å²) in [6.07, 6.45) is 0. The van der Waals surface area contributed by atoms with E-state index in [0.717, 1.165) is 0 Å². The van der Waals surface area contributed by atoms with Crippen molar-refractivity contribution in [3.63, 3.8) is 0 Å². The first kappa shape index (κ1) is 13.3. The molecular formula is C11H12ClNO4. The number of esters is 1. The van der Waals surface area contributed by atoms with Crippen molar-refractivity contribution in [3.8, 4) is 5.75 Å². The summed E-state index contributed by atoms with van der Waals surface area (Å²) in [5.74, 6) is -1.37. The Bertz CT molecular complexity index is 447. The van der Waals surface area contributed by atoms with Gasteiger partial charge in [-0.1, -0.05) is 11.6 Å². The standard InChI is InChI=1S/C11H12ClNO4/c1-6(11(16)17-2)13-10(15)8-5-7(12)3-4-9(8)14/h3-6,14H,1-2H3,(H,13,15). The maximum Gasteiger partial charge on any atom is 0.328 e. The molecular weight excluding hydrogens is 246 g/mol. The van der Waals surface area contributed by atoms with Crippen molar-refractivity contribution in [1.82, 2.24) is 5.32 Å². The topological polar surface area (TPSA) is 75.6 Å². The third-order valence-electron chi connectivity index (χ3n) is 2.11. The molecule has 92 valence electrons.